The number of amides is 1. The number of rotatable bonds is 4. The number of carbonyl (C=O) groups is 1. The highest BCUT2D eigenvalue weighted by molar-refractivity contribution is 5.92. The average molecular weight is 251 g/mol. The number of nitrogens with zero attached hydrogens (tertiary/aromatic N) is 3. The lowest BCUT2D eigenvalue weighted by Crippen LogP contribution is -2.36. The van der Waals surface area contributed by atoms with E-state index in [4.69, 9.17) is 5.11 Å². The minimum absolute atomic E-state index is 0.0406. The number of aryl methyl sites for hydroxylation is 2. The van der Waals surface area contributed by atoms with Crippen LogP contribution in [0.25, 0.3) is 6.08 Å². The third-order valence-electron chi connectivity index (χ3n) is 3.23. The molecule has 0 aliphatic rings. The summed E-state index contributed by atoms with van der Waals surface area (Å²) in [6.45, 7) is 5.63. The number of aliphatic hydroxyl groups is 1. The molecule has 1 heterocycles. The quantitative estimate of drug-likeness (QED) is 0.808. The molecular formula is C13H21N3O2. The second kappa shape index (κ2) is 5.82. The molecule has 0 saturated carbocycles. The molecule has 0 aliphatic heterocycles. The lowest BCUT2D eigenvalue weighted by atomic mass is 10.2. The van der Waals surface area contributed by atoms with Crippen LogP contribution in [0.1, 0.15) is 23.9 Å². The normalized spacial score (nSPS) is 13.0. The molecule has 1 rings (SSSR count). The minimum Gasteiger partial charge on any atom is -0.394 e. The Bertz CT molecular complexity index is 463. The van der Waals surface area contributed by atoms with Crippen molar-refractivity contribution in [2.24, 2.45) is 7.05 Å². The molecule has 100 valence electrons. The minimum atomic E-state index is -0.182. The van der Waals surface area contributed by atoms with Crippen molar-refractivity contribution in [2.45, 2.75) is 26.8 Å². The number of aliphatic hydroxyl groups excluding tert-OH is 1. The van der Waals surface area contributed by atoms with Crippen molar-refractivity contribution in [3.05, 3.63) is 23.0 Å². The Hall–Kier alpha value is -1.62. The Morgan fingerprint density at radius 1 is 1.56 bits per heavy atom. The van der Waals surface area contributed by atoms with Crippen LogP contribution in [0.5, 0.6) is 0 Å². The van der Waals surface area contributed by atoms with Gasteiger partial charge in [0.05, 0.1) is 18.3 Å². The summed E-state index contributed by atoms with van der Waals surface area (Å²) in [5.74, 6) is -0.126. The van der Waals surface area contributed by atoms with E-state index in [1.807, 2.05) is 20.9 Å². The Morgan fingerprint density at radius 2 is 2.17 bits per heavy atom. The van der Waals surface area contributed by atoms with E-state index >= 15 is 0 Å². The Labute approximate surface area is 108 Å². The first-order valence-corrected chi connectivity index (χ1v) is 5.94. The summed E-state index contributed by atoms with van der Waals surface area (Å²) < 4.78 is 1.79. The van der Waals surface area contributed by atoms with Crippen molar-refractivity contribution in [3.63, 3.8) is 0 Å². The molecule has 1 N–H and O–H groups in total. The SMILES string of the molecule is Cc1nn(C)c(C)c1/C=C/C(=O)N(C)C(C)CO. The van der Waals surface area contributed by atoms with Gasteiger partial charge in [0.15, 0.2) is 0 Å². The first-order valence-electron chi connectivity index (χ1n) is 5.94. The van der Waals surface area contributed by atoms with Crippen molar-refractivity contribution >= 4 is 12.0 Å². The molecule has 0 spiro atoms. The summed E-state index contributed by atoms with van der Waals surface area (Å²) >= 11 is 0. The first-order chi connectivity index (χ1) is 8.38. The van der Waals surface area contributed by atoms with Crippen molar-refractivity contribution < 1.29 is 9.90 Å². The fourth-order valence-corrected chi connectivity index (χ4v) is 1.64. The molecule has 1 unspecified atom stereocenters. The molecule has 5 heteroatoms. The van der Waals surface area contributed by atoms with Gasteiger partial charge in [-0.05, 0) is 26.8 Å². The molecular weight excluding hydrogens is 230 g/mol. The molecule has 0 aromatic carbocycles. The van der Waals surface area contributed by atoms with Crippen molar-refractivity contribution in [2.75, 3.05) is 13.7 Å². The van der Waals surface area contributed by atoms with Crippen LogP contribution in [0.4, 0.5) is 0 Å². The molecule has 5 nitrogen and oxygen atoms in total. The van der Waals surface area contributed by atoms with Gasteiger partial charge in [0.1, 0.15) is 0 Å². The summed E-state index contributed by atoms with van der Waals surface area (Å²) in [7, 11) is 3.55. The Kier molecular flexibility index (Phi) is 4.67. The van der Waals surface area contributed by atoms with E-state index in [0.717, 1.165) is 17.0 Å². The van der Waals surface area contributed by atoms with Crippen molar-refractivity contribution in [1.82, 2.24) is 14.7 Å². The summed E-state index contributed by atoms with van der Waals surface area (Å²) in [4.78, 5) is 13.4. The van der Waals surface area contributed by atoms with Crippen LogP contribution < -0.4 is 0 Å². The summed E-state index contributed by atoms with van der Waals surface area (Å²) in [6, 6.07) is -0.182. The van der Waals surface area contributed by atoms with Crippen LogP contribution in [0.2, 0.25) is 0 Å². The van der Waals surface area contributed by atoms with Crippen LogP contribution in [-0.2, 0) is 11.8 Å². The van der Waals surface area contributed by atoms with Crippen LogP contribution in [0.15, 0.2) is 6.08 Å². The lowest BCUT2D eigenvalue weighted by Gasteiger charge is -2.21. The molecule has 0 fully saturated rings. The average Bonchev–Trinajstić information content (AvgIpc) is 2.59. The van der Waals surface area contributed by atoms with Gasteiger partial charge in [-0.1, -0.05) is 0 Å². The highest BCUT2D eigenvalue weighted by Crippen LogP contribution is 2.13. The van der Waals surface area contributed by atoms with Gasteiger partial charge in [0.25, 0.3) is 0 Å². The van der Waals surface area contributed by atoms with Gasteiger partial charge in [-0.25, -0.2) is 0 Å². The predicted molar refractivity (Wildman–Crippen MR) is 71.0 cm³/mol. The number of hydrogen-bond donors (Lipinski definition) is 1. The third-order valence-corrected chi connectivity index (χ3v) is 3.23. The van der Waals surface area contributed by atoms with Gasteiger partial charge >= 0.3 is 0 Å². The van der Waals surface area contributed by atoms with Gasteiger partial charge in [0.2, 0.25) is 5.91 Å². The van der Waals surface area contributed by atoms with Gasteiger partial charge in [-0.3, -0.25) is 9.48 Å². The third kappa shape index (κ3) is 2.98. The van der Waals surface area contributed by atoms with E-state index in [1.165, 1.54) is 11.0 Å². The predicted octanol–water partition coefficient (Wildman–Crippen LogP) is 0.889. The largest absolute Gasteiger partial charge is 0.394 e. The molecule has 18 heavy (non-hydrogen) atoms. The van der Waals surface area contributed by atoms with E-state index in [2.05, 4.69) is 5.10 Å². The van der Waals surface area contributed by atoms with Crippen LogP contribution >= 0.6 is 0 Å². The molecule has 0 saturated heterocycles. The fraction of sp³-hybridized carbons (Fsp3) is 0.538. The van der Waals surface area contributed by atoms with E-state index in [-0.39, 0.29) is 18.6 Å². The maximum Gasteiger partial charge on any atom is 0.246 e. The number of carbonyl (C=O) groups excluding carboxylic acids is 1. The summed E-state index contributed by atoms with van der Waals surface area (Å²) in [5.41, 5.74) is 2.89. The zero-order valence-electron chi connectivity index (χ0n) is 11.6. The zero-order chi connectivity index (χ0) is 13.9. The van der Waals surface area contributed by atoms with E-state index in [9.17, 15) is 4.79 Å². The molecule has 0 radical (unpaired) electrons. The zero-order valence-corrected chi connectivity index (χ0v) is 11.6. The topological polar surface area (TPSA) is 58.4 Å². The van der Waals surface area contributed by atoms with E-state index in [1.54, 1.807) is 24.7 Å². The fourth-order valence-electron chi connectivity index (χ4n) is 1.64. The summed E-state index contributed by atoms with van der Waals surface area (Å²) in [6.07, 6.45) is 3.30. The second-order valence-electron chi connectivity index (χ2n) is 4.52. The van der Waals surface area contributed by atoms with Gasteiger partial charge in [-0.2, -0.15) is 5.10 Å². The highest BCUT2D eigenvalue weighted by atomic mass is 16.3. The molecule has 1 atom stereocenters. The van der Waals surface area contributed by atoms with Crippen LogP contribution in [-0.4, -0.2) is 45.4 Å². The number of hydrogen-bond acceptors (Lipinski definition) is 3. The van der Waals surface area contributed by atoms with E-state index < -0.39 is 0 Å². The Morgan fingerprint density at radius 3 is 2.61 bits per heavy atom. The van der Waals surface area contributed by atoms with Crippen molar-refractivity contribution in [1.29, 1.82) is 0 Å². The molecule has 1 aromatic heterocycles. The highest BCUT2D eigenvalue weighted by Gasteiger charge is 2.12. The van der Waals surface area contributed by atoms with Crippen molar-refractivity contribution in [3.8, 4) is 0 Å². The van der Waals surface area contributed by atoms with Gasteiger partial charge in [0, 0.05) is 31.4 Å². The molecule has 0 bridgehead atoms. The maximum atomic E-state index is 11.8. The van der Waals surface area contributed by atoms with Gasteiger partial charge in [-0.15, -0.1) is 0 Å². The second-order valence-corrected chi connectivity index (χ2v) is 4.52. The Balaban J connectivity index is 2.84. The van der Waals surface area contributed by atoms with Crippen LogP contribution in [0.3, 0.4) is 0 Å². The molecule has 1 amide bonds. The monoisotopic (exact) mass is 251 g/mol. The van der Waals surface area contributed by atoms with Gasteiger partial charge < -0.3 is 10.0 Å². The molecule has 1 aromatic rings. The molecule has 0 aliphatic carbocycles. The van der Waals surface area contributed by atoms with Crippen LogP contribution in [0, 0.1) is 13.8 Å². The first kappa shape index (κ1) is 14.4. The number of aromatic nitrogens is 2. The smallest absolute Gasteiger partial charge is 0.246 e. The lowest BCUT2D eigenvalue weighted by molar-refractivity contribution is -0.127. The van der Waals surface area contributed by atoms with E-state index in [0.29, 0.717) is 0 Å². The summed E-state index contributed by atoms with van der Waals surface area (Å²) in [5, 5.41) is 13.3. The number of likely N-dealkylation sites (N-methyl/N-ethyl adjacent to an activating group) is 1. The maximum absolute atomic E-state index is 11.8. The standard InChI is InChI=1S/C13H21N3O2/c1-9(8-17)15(4)13(18)7-6-12-10(2)14-16(5)11(12)3/h6-7,9,17H,8H2,1-5H3/b7-6+.